The topological polar surface area (TPSA) is 102 Å². The number of carbonyl (C=O) groups excluding carboxylic acids is 3. The van der Waals surface area contributed by atoms with Crippen LogP contribution in [-0.4, -0.2) is 40.6 Å². The number of carboxylic acids is 1. The quantitative estimate of drug-likeness (QED) is 0.421. The average molecular weight is 606 g/mol. The Labute approximate surface area is 274 Å². The van der Waals surface area contributed by atoms with Crippen LogP contribution in [0.15, 0.2) is 47.5 Å². The van der Waals surface area contributed by atoms with Crippen molar-refractivity contribution in [2.45, 2.75) is 84.3 Å². The normalized spacial score (nSPS) is 21.1. The number of amides is 2. The van der Waals surface area contributed by atoms with Gasteiger partial charge in [0.15, 0.2) is 0 Å². The molecule has 0 bridgehead atoms. The smallest absolute Gasteiger partial charge is 0.550 e. The summed E-state index contributed by atoms with van der Waals surface area (Å²) in [5.74, 6) is -1.85. The number of nitrogens with zero attached hydrogens (tertiary/aromatic N) is 2. The fourth-order valence-electron chi connectivity index (χ4n) is 6.18. The number of halogens is 2. The molecule has 2 amide bonds. The predicted molar refractivity (Wildman–Crippen MR) is 155 cm³/mol. The molecule has 0 radical (unpaired) electrons. The Kier molecular flexibility index (Phi) is 11.4. The number of carboxylic acid groups (broad SMARTS) is 1. The molecule has 2 aromatic rings. The van der Waals surface area contributed by atoms with Crippen LogP contribution in [0.4, 0.5) is 4.39 Å². The van der Waals surface area contributed by atoms with Gasteiger partial charge in [0.25, 0.3) is 11.8 Å². The van der Waals surface area contributed by atoms with Crippen LogP contribution in [0.1, 0.15) is 100 Å². The number of nitrogens with one attached hydrogen (secondary N) is 1. The van der Waals surface area contributed by atoms with E-state index in [1.807, 2.05) is 24.0 Å². The van der Waals surface area contributed by atoms with Gasteiger partial charge in [0.1, 0.15) is 17.2 Å². The minimum atomic E-state index is -1.23. The van der Waals surface area contributed by atoms with Crippen molar-refractivity contribution in [1.29, 1.82) is 0 Å². The van der Waals surface area contributed by atoms with E-state index >= 15 is 0 Å². The van der Waals surface area contributed by atoms with Gasteiger partial charge in [-0.3, -0.25) is 14.6 Å². The summed E-state index contributed by atoms with van der Waals surface area (Å²) in [6.07, 6.45) is 4.75. The van der Waals surface area contributed by atoms with E-state index in [4.69, 9.17) is 16.6 Å². The zero-order chi connectivity index (χ0) is 29.9. The fraction of sp³-hybridized carbons (Fsp3) is 0.500. The van der Waals surface area contributed by atoms with E-state index in [1.165, 1.54) is 12.1 Å². The third-order valence-corrected chi connectivity index (χ3v) is 9.35. The molecule has 42 heavy (non-hydrogen) atoms. The van der Waals surface area contributed by atoms with Crippen molar-refractivity contribution < 1.29 is 53.4 Å². The maximum atomic E-state index is 14.2. The van der Waals surface area contributed by atoms with E-state index in [0.29, 0.717) is 29.2 Å². The number of aliphatic carboxylic acids is 1. The first-order valence-electron chi connectivity index (χ1n) is 14.4. The molecule has 7 nitrogen and oxygen atoms in total. The molecule has 1 N–H and O–H groups in total. The van der Waals surface area contributed by atoms with E-state index in [2.05, 4.69) is 26.1 Å². The molecule has 1 fully saturated rings. The van der Waals surface area contributed by atoms with Crippen LogP contribution in [0.3, 0.4) is 0 Å². The molecule has 0 unspecified atom stereocenters. The Morgan fingerprint density at radius 2 is 1.81 bits per heavy atom. The Hall–Kier alpha value is -2.26. The second-order valence-corrected chi connectivity index (χ2v) is 12.2. The molecule has 0 saturated heterocycles. The Morgan fingerprint density at radius 1 is 1.17 bits per heavy atom. The molecule has 0 aromatic heterocycles. The third-order valence-electron chi connectivity index (χ3n) is 9.06. The van der Waals surface area contributed by atoms with Crippen LogP contribution in [0.25, 0.3) is 0 Å². The van der Waals surface area contributed by atoms with E-state index in [0.717, 1.165) is 37.7 Å². The van der Waals surface area contributed by atoms with Gasteiger partial charge in [-0.15, -0.1) is 0 Å². The van der Waals surface area contributed by atoms with Crippen molar-refractivity contribution in [3.63, 3.8) is 0 Å². The van der Waals surface area contributed by atoms with Crippen molar-refractivity contribution in [2.24, 2.45) is 16.3 Å². The largest absolute Gasteiger partial charge is 1.00 e. The van der Waals surface area contributed by atoms with Gasteiger partial charge < -0.3 is 20.1 Å². The van der Waals surface area contributed by atoms with Gasteiger partial charge in [-0.2, -0.15) is 0 Å². The molecule has 10 heteroatoms. The monoisotopic (exact) mass is 605 g/mol. The summed E-state index contributed by atoms with van der Waals surface area (Å²) < 4.78 is 14.0. The molecule has 1 atom stereocenters. The molecule has 1 saturated carbocycles. The summed E-state index contributed by atoms with van der Waals surface area (Å²) in [7, 11) is 0. The average Bonchev–Trinajstić information content (AvgIpc) is 3.22. The van der Waals surface area contributed by atoms with Gasteiger partial charge in [-0.1, -0.05) is 57.8 Å². The minimum absolute atomic E-state index is 0. The van der Waals surface area contributed by atoms with Crippen molar-refractivity contribution in [2.75, 3.05) is 6.54 Å². The maximum Gasteiger partial charge on any atom is 1.00 e. The van der Waals surface area contributed by atoms with Crippen molar-refractivity contribution >= 4 is 35.1 Å². The summed E-state index contributed by atoms with van der Waals surface area (Å²) in [5, 5.41) is 13.2. The minimum Gasteiger partial charge on any atom is -0.550 e. The second kappa shape index (κ2) is 14.0. The van der Waals surface area contributed by atoms with Crippen LogP contribution >= 0.6 is 11.6 Å². The molecule has 4 rings (SSSR count). The molecular weight excluding hydrogens is 568 g/mol. The number of carbonyl (C=O) groups is 3. The standard InChI is InChI=1S/C32H39ClFN3O4.Na/c1-5-26(20-7-9-21(10-8-20)29(40)35-18-15-27(38)39)37-30(41)28(22-11-12-25(34)24(33)19-22)36-32(37)16-13-23(14-17-32)31(3,4)6-2;/h7-12,19,23,26H,5-6,13-18H2,1-4H3,(H,35,40)(H,38,39);/q;+1/p-1/t23?,26-,32?;/m1./s1. The van der Waals surface area contributed by atoms with Crippen LogP contribution in [0.2, 0.25) is 5.02 Å². The molecule has 1 aliphatic heterocycles. The van der Waals surface area contributed by atoms with Gasteiger partial charge in [-0.05, 0) is 79.3 Å². The zero-order valence-corrected chi connectivity index (χ0v) is 27.9. The Bertz CT molecular complexity index is 1340. The number of hydrogen-bond acceptors (Lipinski definition) is 5. The van der Waals surface area contributed by atoms with E-state index in [9.17, 15) is 23.9 Å². The van der Waals surface area contributed by atoms with Crippen LogP contribution in [-0.2, 0) is 9.59 Å². The number of aliphatic imine (C=N–C) groups is 1. The SMILES string of the molecule is CC[C@H](c1ccc(C(=O)NCCC(=O)[O-])cc1)N1C(=O)C(c2ccc(F)c(Cl)c2)=NC12CCC(C(C)(C)CC)CC2.[Na+]. The third kappa shape index (κ3) is 7.09. The van der Waals surface area contributed by atoms with E-state index < -0.39 is 17.4 Å². The van der Waals surface area contributed by atoms with Gasteiger partial charge in [0.05, 0.1) is 11.1 Å². The maximum absolute atomic E-state index is 14.2. The first kappa shape index (κ1) is 34.2. The van der Waals surface area contributed by atoms with E-state index in [-0.39, 0.29) is 70.8 Å². The summed E-state index contributed by atoms with van der Waals surface area (Å²) in [5.41, 5.74) is 1.52. The summed E-state index contributed by atoms with van der Waals surface area (Å²) in [6.45, 7) is 8.81. The van der Waals surface area contributed by atoms with Gasteiger partial charge >= 0.3 is 29.6 Å². The molecule has 220 valence electrons. The number of benzene rings is 2. The first-order chi connectivity index (χ1) is 19.4. The van der Waals surface area contributed by atoms with Crippen molar-refractivity contribution in [1.82, 2.24) is 10.2 Å². The van der Waals surface area contributed by atoms with Gasteiger partial charge in [0.2, 0.25) is 0 Å². The van der Waals surface area contributed by atoms with Crippen molar-refractivity contribution in [3.05, 3.63) is 70.0 Å². The van der Waals surface area contributed by atoms with Crippen molar-refractivity contribution in [3.8, 4) is 0 Å². The Balaban J connectivity index is 0.00000484. The van der Waals surface area contributed by atoms with Crippen LogP contribution < -0.4 is 40.0 Å². The molecule has 2 aromatic carbocycles. The predicted octanol–water partition coefficient (Wildman–Crippen LogP) is 2.46. The number of rotatable bonds is 10. The molecule has 1 spiro atoms. The van der Waals surface area contributed by atoms with Gasteiger partial charge in [-0.25, -0.2) is 4.39 Å². The van der Waals surface area contributed by atoms with Crippen LogP contribution in [0.5, 0.6) is 0 Å². The summed E-state index contributed by atoms with van der Waals surface area (Å²) in [6, 6.07) is 11.0. The number of hydrogen-bond donors (Lipinski definition) is 1. The molecule has 1 aliphatic carbocycles. The zero-order valence-electron chi connectivity index (χ0n) is 25.1. The van der Waals surface area contributed by atoms with E-state index in [1.54, 1.807) is 18.2 Å². The van der Waals surface area contributed by atoms with Crippen LogP contribution in [0, 0.1) is 17.2 Å². The molecule has 1 heterocycles. The Morgan fingerprint density at radius 3 is 2.36 bits per heavy atom. The summed E-state index contributed by atoms with van der Waals surface area (Å²) >= 11 is 6.09. The summed E-state index contributed by atoms with van der Waals surface area (Å²) in [4.78, 5) is 44.3. The molecular formula is C32H38ClFN3NaO4. The second-order valence-electron chi connectivity index (χ2n) is 11.8. The van der Waals surface area contributed by atoms with Gasteiger partial charge in [0, 0.05) is 30.1 Å². The first-order valence-corrected chi connectivity index (χ1v) is 14.8. The fourth-order valence-corrected chi connectivity index (χ4v) is 6.36. The molecule has 2 aliphatic rings.